The van der Waals surface area contributed by atoms with E-state index in [4.69, 9.17) is 32.0 Å². The zero-order chi connectivity index (χ0) is 26.4. The van der Waals surface area contributed by atoms with Gasteiger partial charge in [0.05, 0.1) is 30.3 Å². The number of nitrogens with one attached hydrogen (secondary N) is 1. The van der Waals surface area contributed by atoms with Gasteiger partial charge in [0.25, 0.3) is 5.91 Å². The van der Waals surface area contributed by atoms with Crippen LogP contribution < -0.4 is 11.1 Å². The minimum Gasteiger partial charge on any atom is -0.465 e. The molecule has 1 aliphatic carbocycles. The summed E-state index contributed by atoms with van der Waals surface area (Å²) in [7, 11) is 1.35. The van der Waals surface area contributed by atoms with Gasteiger partial charge in [-0.2, -0.15) is 0 Å². The van der Waals surface area contributed by atoms with E-state index < -0.39 is 11.9 Å². The summed E-state index contributed by atoms with van der Waals surface area (Å²) >= 11 is 7.50. The highest BCUT2D eigenvalue weighted by Crippen LogP contribution is 2.39. The van der Waals surface area contributed by atoms with Crippen molar-refractivity contribution in [3.05, 3.63) is 80.7 Å². The number of hydrogen-bond acceptors (Lipinski definition) is 7. The van der Waals surface area contributed by atoms with Crippen molar-refractivity contribution in [1.29, 1.82) is 0 Å². The number of aromatic nitrogens is 3. The summed E-state index contributed by atoms with van der Waals surface area (Å²) in [5.74, 6) is -0.664. The third-order valence-corrected chi connectivity index (χ3v) is 8.32. The number of aryl methyl sites for hydroxylation is 1. The Morgan fingerprint density at radius 3 is 2.50 bits per heavy atom. The van der Waals surface area contributed by atoms with Crippen molar-refractivity contribution in [2.75, 3.05) is 18.2 Å². The van der Waals surface area contributed by atoms with Crippen LogP contribution in [0.1, 0.15) is 49.6 Å². The maximum Gasteiger partial charge on any atom is 0.341 e. The number of nitrogen functional groups attached to an aromatic ring is 1. The van der Waals surface area contributed by atoms with Crippen molar-refractivity contribution >= 4 is 67.8 Å². The predicted octanol–water partition coefficient (Wildman–Crippen LogP) is 5.85. The van der Waals surface area contributed by atoms with E-state index in [2.05, 4.69) is 5.32 Å². The predicted molar refractivity (Wildman–Crippen MR) is 150 cm³/mol. The fourth-order valence-electron chi connectivity index (χ4n) is 5.01. The second-order valence-electron chi connectivity index (χ2n) is 9.22. The number of methoxy groups -OCH3 is 1. The molecule has 38 heavy (non-hydrogen) atoms. The quantitative estimate of drug-likeness (QED) is 0.268. The van der Waals surface area contributed by atoms with Crippen molar-refractivity contribution in [2.24, 2.45) is 0 Å². The van der Waals surface area contributed by atoms with Gasteiger partial charge in [0.2, 0.25) is 0 Å². The van der Waals surface area contributed by atoms with Crippen LogP contribution in [0.4, 0.5) is 10.8 Å². The highest BCUT2D eigenvalue weighted by atomic mass is 35.5. The average Bonchev–Trinajstić information content (AvgIpc) is 3.42. The fraction of sp³-hybridized carbons (Fsp3) is 0.214. The third-order valence-electron chi connectivity index (χ3n) is 6.86. The Morgan fingerprint density at radius 2 is 1.76 bits per heavy atom. The highest BCUT2D eigenvalue weighted by Gasteiger charge is 2.30. The first-order valence-electron chi connectivity index (χ1n) is 12.3. The van der Waals surface area contributed by atoms with Crippen LogP contribution in [0, 0.1) is 0 Å². The molecule has 192 valence electrons. The van der Waals surface area contributed by atoms with Crippen LogP contribution in [-0.4, -0.2) is 33.5 Å². The maximum atomic E-state index is 13.8. The zero-order valence-corrected chi connectivity index (χ0v) is 22.2. The lowest BCUT2D eigenvalue weighted by Gasteiger charge is -2.11. The Bertz CT molecular complexity index is 1720. The highest BCUT2D eigenvalue weighted by molar-refractivity contribution is 7.17. The second-order valence-corrected chi connectivity index (χ2v) is 10.8. The molecular weight excluding hydrogens is 522 g/mol. The number of anilines is 2. The van der Waals surface area contributed by atoms with Gasteiger partial charge in [-0.15, -0.1) is 11.3 Å². The molecule has 0 fully saturated rings. The maximum absolute atomic E-state index is 13.8. The Morgan fingerprint density at radius 1 is 1.05 bits per heavy atom. The van der Waals surface area contributed by atoms with Crippen molar-refractivity contribution in [3.8, 4) is 0 Å². The summed E-state index contributed by atoms with van der Waals surface area (Å²) in [6, 6.07) is 14.9. The number of halogens is 1. The van der Waals surface area contributed by atoms with Crippen LogP contribution in [0.15, 0.2) is 48.5 Å². The minimum absolute atomic E-state index is 0.217. The number of amides is 1. The fourth-order valence-corrected chi connectivity index (χ4v) is 6.41. The summed E-state index contributed by atoms with van der Waals surface area (Å²) in [5, 5.41) is 4.07. The number of fused-ring (bicyclic) bond motifs is 3. The number of esters is 1. The Balaban J connectivity index is 1.48. The van der Waals surface area contributed by atoms with E-state index >= 15 is 0 Å². The molecule has 6 rings (SSSR count). The van der Waals surface area contributed by atoms with E-state index in [1.165, 1.54) is 18.4 Å². The molecule has 0 spiro atoms. The van der Waals surface area contributed by atoms with Crippen LogP contribution in [0.2, 0.25) is 5.02 Å². The summed E-state index contributed by atoms with van der Waals surface area (Å²) < 4.78 is 6.85. The van der Waals surface area contributed by atoms with Crippen molar-refractivity contribution < 1.29 is 14.3 Å². The standard InChI is InChI=1S/C28H24ClN5O3S/c1-37-28(36)21-17-6-2-5-9-20(17)38-27(21)33-26(35)22-23-25(32-19-8-4-3-7-18(19)31-23)34(24(22)30)14-15-10-12-16(29)13-11-15/h3-4,7-8,10-13H,2,5-6,9,14,30H2,1H3,(H,33,35). The van der Waals surface area contributed by atoms with Gasteiger partial charge in [-0.05, 0) is 61.1 Å². The molecule has 3 aromatic heterocycles. The number of rotatable bonds is 5. The van der Waals surface area contributed by atoms with Crippen molar-refractivity contribution in [2.45, 2.75) is 32.2 Å². The number of hydrogen-bond donors (Lipinski definition) is 2. The van der Waals surface area contributed by atoms with E-state index in [1.54, 1.807) is 16.7 Å². The van der Waals surface area contributed by atoms with Crippen molar-refractivity contribution in [1.82, 2.24) is 14.5 Å². The molecule has 8 nitrogen and oxygen atoms in total. The van der Waals surface area contributed by atoms with E-state index in [1.807, 2.05) is 36.4 Å². The summed E-state index contributed by atoms with van der Waals surface area (Å²) in [4.78, 5) is 37.3. The van der Waals surface area contributed by atoms with E-state index in [9.17, 15) is 9.59 Å². The third kappa shape index (κ3) is 4.17. The number of thiophene rings is 1. The number of ether oxygens (including phenoxy) is 1. The number of carbonyl (C=O) groups is 2. The molecule has 0 aliphatic heterocycles. The molecule has 0 radical (unpaired) electrons. The number of benzene rings is 2. The molecule has 0 bridgehead atoms. The van der Waals surface area contributed by atoms with Gasteiger partial charge in [-0.25, -0.2) is 14.8 Å². The van der Waals surface area contributed by atoms with Gasteiger partial charge in [0.1, 0.15) is 21.9 Å². The molecule has 2 aromatic carbocycles. The molecular formula is C28H24ClN5O3S. The van der Waals surface area contributed by atoms with Gasteiger partial charge >= 0.3 is 5.97 Å². The zero-order valence-electron chi connectivity index (χ0n) is 20.6. The Kier molecular flexibility index (Phi) is 6.25. The molecule has 5 aromatic rings. The van der Waals surface area contributed by atoms with E-state index in [-0.39, 0.29) is 11.4 Å². The largest absolute Gasteiger partial charge is 0.465 e. The molecule has 0 unspecified atom stereocenters. The van der Waals surface area contributed by atoms with Crippen molar-refractivity contribution in [3.63, 3.8) is 0 Å². The molecule has 3 heterocycles. The summed E-state index contributed by atoms with van der Waals surface area (Å²) in [6.45, 7) is 0.376. The first kappa shape index (κ1) is 24.4. The SMILES string of the molecule is COC(=O)c1c(NC(=O)c2c(N)n(Cc3ccc(Cl)cc3)c3nc4ccccc4nc23)sc2c1CCCC2. The van der Waals surface area contributed by atoms with Crippen LogP contribution >= 0.6 is 22.9 Å². The van der Waals surface area contributed by atoms with Gasteiger partial charge < -0.3 is 20.4 Å². The van der Waals surface area contributed by atoms with Crippen LogP contribution in [0.5, 0.6) is 0 Å². The number of para-hydroxylation sites is 2. The van der Waals surface area contributed by atoms with E-state index in [0.717, 1.165) is 41.7 Å². The lowest BCUT2D eigenvalue weighted by Crippen LogP contribution is -2.17. The van der Waals surface area contributed by atoms with Crippen LogP contribution in [0.3, 0.4) is 0 Å². The average molecular weight is 546 g/mol. The number of carbonyl (C=O) groups excluding carboxylic acids is 2. The normalized spacial score (nSPS) is 13.0. The van der Waals surface area contributed by atoms with Gasteiger partial charge in [0.15, 0.2) is 5.65 Å². The number of nitrogens with zero attached hydrogens (tertiary/aromatic N) is 3. The topological polar surface area (TPSA) is 112 Å². The van der Waals surface area contributed by atoms with Gasteiger partial charge in [0, 0.05) is 9.90 Å². The molecule has 1 amide bonds. The van der Waals surface area contributed by atoms with Crippen LogP contribution in [-0.2, 0) is 24.1 Å². The Labute approximate surface area is 227 Å². The lowest BCUT2D eigenvalue weighted by atomic mass is 9.95. The molecule has 0 saturated heterocycles. The lowest BCUT2D eigenvalue weighted by molar-refractivity contribution is 0.0601. The monoisotopic (exact) mass is 545 g/mol. The molecule has 10 heteroatoms. The van der Waals surface area contributed by atoms with Gasteiger partial charge in [-0.1, -0.05) is 35.9 Å². The molecule has 0 atom stereocenters. The first-order chi connectivity index (χ1) is 18.4. The van der Waals surface area contributed by atoms with E-state index in [0.29, 0.717) is 44.3 Å². The number of nitrogens with two attached hydrogens (primary N) is 1. The first-order valence-corrected chi connectivity index (χ1v) is 13.5. The summed E-state index contributed by atoms with van der Waals surface area (Å²) in [5.41, 5.74) is 11.4. The van der Waals surface area contributed by atoms with Gasteiger partial charge in [-0.3, -0.25) is 4.79 Å². The molecule has 3 N–H and O–H groups in total. The second kappa shape index (κ2) is 9.74. The van der Waals surface area contributed by atoms with Crippen LogP contribution in [0.25, 0.3) is 22.2 Å². The Hall–Kier alpha value is -3.95. The molecule has 0 saturated carbocycles. The molecule has 1 aliphatic rings. The minimum atomic E-state index is -0.455. The summed E-state index contributed by atoms with van der Waals surface area (Å²) in [6.07, 6.45) is 3.70. The smallest absolute Gasteiger partial charge is 0.341 e.